The van der Waals surface area contributed by atoms with Crippen LogP contribution in [0.4, 0.5) is 0 Å². The maximum atomic E-state index is 4.71. The summed E-state index contributed by atoms with van der Waals surface area (Å²) in [5.41, 5.74) is 8.10. The Labute approximate surface area is 125 Å². The Hall–Kier alpha value is -2.34. The molecule has 0 nitrogen and oxygen atoms in total. The van der Waals surface area contributed by atoms with E-state index >= 15 is 0 Å². The smallest absolute Gasteiger partial charge is 0.0461 e. The van der Waals surface area contributed by atoms with Crippen molar-refractivity contribution in [3.63, 3.8) is 0 Å². The first kappa shape index (κ1) is 11.3. The highest BCUT2D eigenvalue weighted by molar-refractivity contribution is 5.72. The molecule has 3 aliphatic carbocycles. The van der Waals surface area contributed by atoms with Gasteiger partial charge in [-0.3, -0.25) is 0 Å². The summed E-state index contributed by atoms with van der Waals surface area (Å²) in [5.74, 6) is 0.359. The van der Waals surface area contributed by atoms with E-state index < -0.39 is 0 Å². The first-order valence-electron chi connectivity index (χ1n) is 7.45. The largest absolute Gasteiger partial charge is 0.0619 e. The van der Waals surface area contributed by atoms with Gasteiger partial charge in [-0.2, -0.15) is 0 Å². The van der Waals surface area contributed by atoms with E-state index in [0.29, 0.717) is 5.92 Å². The number of benzene rings is 3. The molecular formula is C21H15. The van der Waals surface area contributed by atoms with Crippen molar-refractivity contribution in [1.82, 2.24) is 0 Å². The molecule has 0 atom stereocenters. The minimum atomic E-state index is -0.265. The maximum absolute atomic E-state index is 4.71. The Balaban J connectivity index is 2.00. The first-order chi connectivity index (χ1) is 10.3. The summed E-state index contributed by atoms with van der Waals surface area (Å²) in [6.45, 7) is 4.71. The Morgan fingerprint density at radius 2 is 0.905 bits per heavy atom. The highest BCUT2D eigenvalue weighted by atomic mass is 14.5. The summed E-state index contributed by atoms with van der Waals surface area (Å²) < 4.78 is 0. The van der Waals surface area contributed by atoms with Crippen LogP contribution in [0.5, 0.6) is 0 Å². The quantitative estimate of drug-likeness (QED) is 0.555. The van der Waals surface area contributed by atoms with E-state index in [0.717, 1.165) is 0 Å². The van der Waals surface area contributed by atoms with Crippen LogP contribution in [-0.2, 0) is 5.41 Å². The molecule has 0 N–H and O–H groups in total. The third kappa shape index (κ3) is 1.18. The molecule has 0 spiro atoms. The second kappa shape index (κ2) is 3.65. The van der Waals surface area contributed by atoms with Crippen LogP contribution in [0, 0.1) is 6.92 Å². The predicted molar refractivity (Wildman–Crippen MR) is 85.5 cm³/mol. The predicted octanol–water partition coefficient (Wildman–Crippen LogP) is 4.66. The van der Waals surface area contributed by atoms with Crippen LogP contribution >= 0.6 is 0 Å². The molecular weight excluding hydrogens is 252 g/mol. The normalized spacial score (nSPS) is 24.1. The van der Waals surface area contributed by atoms with Gasteiger partial charge in [-0.1, -0.05) is 72.8 Å². The summed E-state index contributed by atoms with van der Waals surface area (Å²) in [7, 11) is 0. The average Bonchev–Trinajstić information content (AvgIpc) is 2.56. The molecule has 0 aromatic heterocycles. The van der Waals surface area contributed by atoms with Crippen molar-refractivity contribution in [3.8, 4) is 0 Å². The molecule has 0 heterocycles. The minimum absolute atomic E-state index is 0.265. The van der Waals surface area contributed by atoms with E-state index in [1.165, 1.54) is 33.4 Å². The van der Waals surface area contributed by atoms with Crippen molar-refractivity contribution in [1.29, 1.82) is 0 Å². The van der Waals surface area contributed by atoms with E-state index in [1.807, 2.05) is 0 Å². The fraction of sp³-hybridized carbons (Fsp3) is 0.0952. The Morgan fingerprint density at radius 3 is 1.29 bits per heavy atom. The molecule has 1 radical (unpaired) electrons. The maximum Gasteiger partial charge on any atom is 0.0461 e. The van der Waals surface area contributed by atoms with Gasteiger partial charge < -0.3 is 0 Å². The second-order valence-electron chi connectivity index (χ2n) is 6.10. The zero-order valence-electron chi connectivity index (χ0n) is 11.7. The van der Waals surface area contributed by atoms with Gasteiger partial charge in [0.05, 0.1) is 0 Å². The van der Waals surface area contributed by atoms with E-state index in [1.54, 1.807) is 0 Å². The lowest BCUT2D eigenvalue weighted by atomic mass is 9.54. The van der Waals surface area contributed by atoms with Crippen LogP contribution in [-0.4, -0.2) is 0 Å². The van der Waals surface area contributed by atoms with Gasteiger partial charge in [-0.15, -0.1) is 0 Å². The Bertz CT molecular complexity index is 757. The van der Waals surface area contributed by atoms with Gasteiger partial charge >= 0.3 is 0 Å². The van der Waals surface area contributed by atoms with Gasteiger partial charge in [0.25, 0.3) is 0 Å². The summed E-state index contributed by atoms with van der Waals surface area (Å²) in [4.78, 5) is 0. The van der Waals surface area contributed by atoms with Crippen LogP contribution in [0.25, 0.3) is 0 Å². The molecule has 3 aromatic rings. The molecule has 3 aromatic carbocycles. The molecule has 0 aliphatic heterocycles. The van der Waals surface area contributed by atoms with Gasteiger partial charge in [-0.25, -0.2) is 0 Å². The summed E-state index contributed by atoms with van der Waals surface area (Å²) >= 11 is 0. The third-order valence-electron chi connectivity index (χ3n) is 5.19. The Kier molecular flexibility index (Phi) is 1.97. The summed E-state index contributed by atoms with van der Waals surface area (Å²) in [5, 5.41) is 0. The van der Waals surface area contributed by atoms with E-state index in [2.05, 4.69) is 72.8 Å². The fourth-order valence-corrected chi connectivity index (χ4v) is 4.35. The molecule has 0 amide bonds. The highest BCUT2D eigenvalue weighted by Crippen LogP contribution is 2.58. The van der Waals surface area contributed by atoms with Crippen molar-refractivity contribution < 1.29 is 0 Å². The van der Waals surface area contributed by atoms with Crippen LogP contribution < -0.4 is 0 Å². The standard InChI is InChI=1S/C21H15/c1-21-17-11-5-2-8-14(17)20(15-9-3-6-12-18(15)21)16-10-4-7-13-19(16)21/h2-13,20H,1H2. The minimum Gasteiger partial charge on any atom is -0.0619 e. The number of rotatable bonds is 0. The monoisotopic (exact) mass is 267 g/mol. The molecule has 2 bridgehead atoms. The van der Waals surface area contributed by atoms with Crippen LogP contribution in [0.1, 0.15) is 39.3 Å². The fourth-order valence-electron chi connectivity index (χ4n) is 4.35. The topological polar surface area (TPSA) is 0 Å². The van der Waals surface area contributed by atoms with Crippen molar-refractivity contribution in [3.05, 3.63) is 113 Å². The van der Waals surface area contributed by atoms with Crippen molar-refractivity contribution in [2.24, 2.45) is 0 Å². The molecule has 99 valence electrons. The van der Waals surface area contributed by atoms with Gasteiger partial charge in [0.15, 0.2) is 0 Å². The highest BCUT2D eigenvalue weighted by Gasteiger charge is 2.48. The molecule has 3 aliphatic rings. The lowest BCUT2D eigenvalue weighted by molar-refractivity contribution is 0.645. The molecule has 0 heteroatoms. The summed E-state index contributed by atoms with van der Waals surface area (Å²) in [6.07, 6.45) is 0. The molecule has 6 rings (SSSR count). The van der Waals surface area contributed by atoms with Gasteiger partial charge in [0.1, 0.15) is 0 Å². The van der Waals surface area contributed by atoms with E-state index in [-0.39, 0.29) is 5.41 Å². The SMILES string of the molecule is [CH2]C12c3ccccc3C(c3ccccc31)c1ccccc12. The van der Waals surface area contributed by atoms with E-state index in [9.17, 15) is 0 Å². The van der Waals surface area contributed by atoms with Crippen molar-refractivity contribution in [2.45, 2.75) is 11.3 Å². The summed E-state index contributed by atoms with van der Waals surface area (Å²) in [6, 6.07) is 26.4. The zero-order chi connectivity index (χ0) is 14.0. The molecule has 21 heavy (non-hydrogen) atoms. The third-order valence-corrected chi connectivity index (χ3v) is 5.19. The first-order valence-corrected chi connectivity index (χ1v) is 7.45. The Morgan fingerprint density at radius 1 is 0.571 bits per heavy atom. The lowest BCUT2D eigenvalue weighted by Crippen LogP contribution is -2.40. The average molecular weight is 267 g/mol. The van der Waals surface area contributed by atoms with Gasteiger partial charge in [0.2, 0.25) is 0 Å². The second-order valence-corrected chi connectivity index (χ2v) is 6.10. The van der Waals surface area contributed by atoms with Crippen LogP contribution in [0.2, 0.25) is 0 Å². The molecule has 0 fully saturated rings. The molecule has 0 saturated carbocycles. The van der Waals surface area contributed by atoms with Gasteiger partial charge in [0, 0.05) is 11.3 Å². The van der Waals surface area contributed by atoms with Crippen molar-refractivity contribution >= 4 is 0 Å². The zero-order valence-corrected chi connectivity index (χ0v) is 11.7. The van der Waals surface area contributed by atoms with Crippen LogP contribution in [0.3, 0.4) is 0 Å². The molecule has 0 unspecified atom stereocenters. The van der Waals surface area contributed by atoms with Gasteiger partial charge in [-0.05, 0) is 40.3 Å². The van der Waals surface area contributed by atoms with Crippen molar-refractivity contribution in [2.75, 3.05) is 0 Å². The van der Waals surface area contributed by atoms with Crippen LogP contribution in [0.15, 0.2) is 72.8 Å². The lowest BCUT2D eigenvalue weighted by Gasteiger charge is -2.48. The number of hydrogen-bond acceptors (Lipinski definition) is 0. The number of hydrogen-bond donors (Lipinski definition) is 0. The van der Waals surface area contributed by atoms with E-state index in [4.69, 9.17) is 6.92 Å². The molecule has 0 saturated heterocycles.